The molecule has 0 saturated carbocycles. The van der Waals surface area contributed by atoms with E-state index in [4.69, 9.17) is 4.52 Å². The molecule has 0 spiro atoms. The molecule has 0 aliphatic rings. The molecule has 0 atom stereocenters. The molecule has 2 aromatic rings. The molecule has 0 saturated heterocycles. The lowest BCUT2D eigenvalue weighted by molar-refractivity contribution is 0.109. The first-order chi connectivity index (χ1) is 8.24. The Morgan fingerprint density at radius 1 is 1.35 bits per heavy atom. The van der Waals surface area contributed by atoms with Crippen molar-refractivity contribution in [3.63, 3.8) is 0 Å². The quantitative estimate of drug-likeness (QED) is 0.744. The molecule has 2 rings (SSSR count). The molecular weight excluding hydrogens is 220 g/mol. The topological polar surface area (TPSA) is 65.2 Å². The van der Waals surface area contributed by atoms with Crippen molar-refractivity contribution < 1.29 is 14.1 Å². The highest BCUT2D eigenvalue weighted by Crippen LogP contribution is 2.21. The molecule has 0 fully saturated rings. The molecule has 90 valence electrons. The maximum Gasteiger partial charge on any atom is 0.202 e. The fraction of sp³-hybridized carbons (Fsp3) is 0.250. The van der Waals surface area contributed by atoms with Crippen LogP contribution in [0.1, 0.15) is 16.1 Å². The largest absolute Gasteiger partial charge is 0.388 e. The highest BCUT2D eigenvalue weighted by atomic mass is 16.5. The van der Waals surface area contributed by atoms with Crippen molar-refractivity contribution in [2.24, 2.45) is 0 Å². The normalized spacial score (nSPS) is 9.35. The average molecular weight is 234 g/mol. The SMILES string of the molecule is COC.Cc1c(-c2ccccn2)noc1C=O. The predicted molar refractivity (Wildman–Crippen MR) is 62.8 cm³/mol. The van der Waals surface area contributed by atoms with Crippen LogP contribution in [0.25, 0.3) is 11.4 Å². The Hall–Kier alpha value is -2.01. The zero-order chi connectivity index (χ0) is 12.7. The molecule has 0 aromatic carbocycles. The minimum absolute atomic E-state index is 0.255. The van der Waals surface area contributed by atoms with Gasteiger partial charge in [-0.1, -0.05) is 11.2 Å². The third-order valence-corrected chi connectivity index (χ3v) is 1.97. The van der Waals surface area contributed by atoms with Crippen LogP contribution in [0.15, 0.2) is 28.9 Å². The first-order valence-electron chi connectivity index (χ1n) is 4.97. The highest BCUT2D eigenvalue weighted by Gasteiger charge is 2.12. The zero-order valence-electron chi connectivity index (χ0n) is 10.0. The summed E-state index contributed by atoms with van der Waals surface area (Å²) in [7, 11) is 3.25. The van der Waals surface area contributed by atoms with Crippen LogP contribution < -0.4 is 0 Å². The van der Waals surface area contributed by atoms with Crippen LogP contribution in [0, 0.1) is 6.92 Å². The minimum atomic E-state index is 0.255. The van der Waals surface area contributed by atoms with E-state index in [9.17, 15) is 4.79 Å². The number of hydrogen-bond acceptors (Lipinski definition) is 5. The van der Waals surface area contributed by atoms with Crippen molar-refractivity contribution in [2.45, 2.75) is 6.92 Å². The van der Waals surface area contributed by atoms with Gasteiger partial charge in [-0.3, -0.25) is 9.78 Å². The monoisotopic (exact) mass is 234 g/mol. The van der Waals surface area contributed by atoms with Gasteiger partial charge in [-0.15, -0.1) is 0 Å². The predicted octanol–water partition coefficient (Wildman–Crippen LogP) is 2.12. The first-order valence-corrected chi connectivity index (χ1v) is 4.97. The lowest BCUT2D eigenvalue weighted by atomic mass is 10.1. The summed E-state index contributed by atoms with van der Waals surface area (Å²) in [6, 6.07) is 5.50. The van der Waals surface area contributed by atoms with Crippen molar-refractivity contribution >= 4 is 6.29 Å². The zero-order valence-corrected chi connectivity index (χ0v) is 10.0. The van der Waals surface area contributed by atoms with E-state index in [1.165, 1.54) is 0 Å². The Bertz CT molecular complexity index is 466. The first kappa shape index (κ1) is 13.1. The third-order valence-electron chi connectivity index (χ3n) is 1.97. The van der Waals surface area contributed by atoms with Crippen LogP contribution >= 0.6 is 0 Å². The summed E-state index contributed by atoms with van der Waals surface area (Å²) in [6.45, 7) is 1.78. The number of nitrogens with zero attached hydrogens (tertiary/aromatic N) is 2. The molecule has 0 unspecified atom stereocenters. The molecule has 5 heteroatoms. The van der Waals surface area contributed by atoms with E-state index in [2.05, 4.69) is 14.9 Å². The summed E-state index contributed by atoms with van der Waals surface area (Å²) in [6.07, 6.45) is 2.32. The Kier molecular flexibility index (Phi) is 5.03. The second-order valence-electron chi connectivity index (χ2n) is 3.26. The second kappa shape index (κ2) is 6.55. The Morgan fingerprint density at radius 2 is 2.06 bits per heavy atom. The summed E-state index contributed by atoms with van der Waals surface area (Å²) in [5.74, 6) is 0.255. The smallest absolute Gasteiger partial charge is 0.202 e. The van der Waals surface area contributed by atoms with E-state index in [1.54, 1.807) is 27.3 Å². The number of aldehydes is 1. The van der Waals surface area contributed by atoms with Gasteiger partial charge in [0.1, 0.15) is 5.69 Å². The van der Waals surface area contributed by atoms with Gasteiger partial charge in [-0.2, -0.15) is 0 Å². The van der Waals surface area contributed by atoms with Gasteiger partial charge in [0.15, 0.2) is 6.29 Å². The van der Waals surface area contributed by atoms with Crippen molar-refractivity contribution in [3.05, 3.63) is 35.7 Å². The molecular formula is C12H14N2O3. The summed E-state index contributed by atoms with van der Waals surface area (Å²) in [5, 5.41) is 3.79. The lowest BCUT2D eigenvalue weighted by Crippen LogP contribution is -1.85. The van der Waals surface area contributed by atoms with E-state index in [1.807, 2.05) is 18.2 Å². The molecule has 5 nitrogen and oxygen atoms in total. The van der Waals surface area contributed by atoms with Gasteiger partial charge in [0.05, 0.1) is 5.69 Å². The van der Waals surface area contributed by atoms with Crippen molar-refractivity contribution in [1.82, 2.24) is 10.1 Å². The van der Waals surface area contributed by atoms with Crippen LogP contribution in [0.2, 0.25) is 0 Å². The fourth-order valence-corrected chi connectivity index (χ4v) is 1.20. The van der Waals surface area contributed by atoms with Crippen LogP contribution in [-0.4, -0.2) is 30.6 Å². The Labute approximate surface area is 99.4 Å². The number of pyridine rings is 1. The molecule has 0 bridgehead atoms. The van der Waals surface area contributed by atoms with E-state index in [0.717, 1.165) is 5.56 Å². The number of carbonyl (C=O) groups excluding carboxylic acids is 1. The second-order valence-corrected chi connectivity index (χ2v) is 3.26. The van der Waals surface area contributed by atoms with E-state index >= 15 is 0 Å². The summed E-state index contributed by atoms with van der Waals surface area (Å²) in [5.41, 5.74) is 2.05. The van der Waals surface area contributed by atoms with Crippen molar-refractivity contribution in [3.8, 4) is 11.4 Å². The Balaban J connectivity index is 0.000000437. The Morgan fingerprint density at radius 3 is 2.53 bits per heavy atom. The van der Waals surface area contributed by atoms with E-state index in [0.29, 0.717) is 17.7 Å². The van der Waals surface area contributed by atoms with Gasteiger partial charge in [0, 0.05) is 26.0 Å². The number of methoxy groups -OCH3 is 1. The van der Waals surface area contributed by atoms with Crippen LogP contribution in [0.5, 0.6) is 0 Å². The van der Waals surface area contributed by atoms with Gasteiger partial charge >= 0.3 is 0 Å². The molecule has 0 N–H and O–H groups in total. The maximum atomic E-state index is 10.5. The molecule has 0 radical (unpaired) electrons. The molecule has 0 amide bonds. The number of ether oxygens (including phenoxy) is 1. The molecule has 2 aromatic heterocycles. The van der Waals surface area contributed by atoms with Gasteiger partial charge in [-0.05, 0) is 19.1 Å². The number of aromatic nitrogens is 2. The summed E-state index contributed by atoms with van der Waals surface area (Å²) >= 11 is 0. The summed E-state index contributed by atoms with van der Waals surface area (Å²) < 4.78 is 9.09. The van der Waals surface area contributed by atoms with Crippen LogP contribution in [0.3, 0.4) is 0 Å². The lowest BCUT2D eigenvalue weighted by Gasteiger charge is -1.93. The standard InChI is InChI=1S/C10H8N2O2.C2H6O/c1-7-9(6-13)14-12-10(7)8-4-2-3-5-11-8;1-3-2/h2-6H,1H3;1-2H3. The number of hydrogen-bond donors (Lipinski definition) is 0. The maximum absolute atomic E-state index is 10.5. The fourth-order valence-electron chi connectivity index (χ4n) is 1.20. The molecule has 2 heterocycles. The number of carbonyl (C=O) groups is 1. The minimum Gasteiger partial charge on any atom is -0.388 e. The molecule has 17 heavy (non-hydrogen) atoms. The molecule has 0 aliphatic heterocycles. The van der Waals surface area contributed by atoms with Crippen molar-refractivity contribution in [2.75, 3.05) is 14.2 Å². The van der Waals surface area contributed by atoms with Gasteiger partial charge in [0.25, 0.3) is 0 Å². The molecule has 0 aliphatic carbocycles. The van der Waals surface area contributed by atoms with Crippen LogP contribution in [0.4, 0.5) is 0 Å². The number of rotatable bonds is 2. The van der Waals surface area contributed by atoms with Crippen molar-refractivity contribution in [1.29, 1.82) is 0 Å². The third kappa shape index (κ3) is 3.22. The van der Waals surface area contributed by atoms with Crippen LogP contribution in [-0.2, 0) is 4.74 Å². The van der Waals surface area contributed by atoms with E-state index in [-0.39, 0.29) is 5.76 Å². The summed E-state index contributed by atoms with van der Waals surface area (Å²) in [4.78, 5) is 14.6. The van der Waals surface area contributed by atoms with Gasteiger partial charge < -0.3 is 9.26 Å². The van der Waals surface area contributed by atoms with Gasteiger partial charge in [0.2, 0.25) is 5.76 Å². The van der Waals surface area contributed by atoms with Gasteiger partial charge in [-0.25, -0.2) is 0 Å². The average Bonchev–Trinajstić information content (AvgIpc) is 2.72. The highest BCUT2D eigenvalue weighted by molar-refractivity contribution is 5.76. The van der Waals surface area contributed by atoms with E-state index < -0.39 is 0 Å².